The molecular formula is C14H8BrN3O3. The minimum absolute atomic E-state index is 0.161. The Balaban J connectivity index is 2.25. The van der Waals surface area contributed by atoms with Gasteiger partial charge < -0.3 is 5.32 Å². The zero-order valence-corrected chi connectivity index (χ0v) is 12.1. The second-order valence-corrected chi connectivity index (χ2v) is 4.92. The summed E-state index contributed by atoms with van der Waals surface area (Å²) in [6.07, 6.45) is 0. The zero-order chi connectivity index (χ0) is 15.4. The lowest BCUT2D eigenvalue weighted by Gasteiger charge is -2.07. The lowest BCUT2D eigenvalue weighted by atomic mass is 10.1. The molecule has 0 atom stereocenters. The molecule has 2 rings (SSSR count). The molecule has 21 heavy (non-hydrogen) atoms. The average molecular weight is 346 g/mol. The highest BCUT2D eigenvalue weighted by Crippen LogP contribution is 2.23. The Labute approximate surface area is 128 Å². The Morgan fingerprint density at radius 2 is 1.90 bits per heavy atom. The van der Waals surface area contributed by atoms with E-state index in [9.17, 15) is 14.9 Å². The lowest BCUT2D eigenvalue weighted by molar-refractivity contribution is -0.384. The molecule has 0 aromatic heterocycles. The SMILES string of the molecule is N#Cc1ccc(NC(=O)c2cc([N+](=O)[O-])ccc2Br)cc1. The smallest absolute Gasteiger partial charge is 0.270 e. The van der Waals surface area contributed by atoms with Crippen LogP contribution in [0.2, 0.25) is 0 Å². The van der Waals surface area contributed by atoms with Crippen LogP contribution in [0.25, 0.3) is 0 Å². The van der Waals surface area contributed by atoms with Crippen LogP contribution in [-0.4, -0.2) is 10.8 Å². The van der Waals surface area contributed by atoms with Crippen molar-refractivity contribution in [3.63, 3.8) is 0 Å². The molecule has 0 aliphatic carbocycles. The van der Waals surface area contributed by atoms with Gasteiger partial charge in [0.15, 0.2) is 0 Å². The third-order valence-electron chi connectivity index (χ3n) is 2.68. The summed E-state index contributed by atoms with van der Waals surface area (Å²) in [4.78, 5) is 22.3. The molecule has 0 aliphatic rings. The van der Waals surface area contributed by atoms with Crippen LogP contribution in [0.4, 0.5) is 11.4 Å². The molecule has 0 unspecified atom stereocenters. The van der Waals surface area contributed by atoms with Crippen molar-refractivity contribution in [3.8, 4) is 6.07 Å². The van der Waals surface area contributed by atoms with E-state index in [4.69, 9.17) is 5.26 Å². The molecule has 0 heterocycles. The first-order chi connectivity index (χ1) is 10.0. The second kappa shape index (κ2) is 6.15. The van der Waals surface area contributed by atoms with Gasteiger partial charge in [-0.1, -0.05) is 0 Å². The molecule has 0 bridgehead atoms. The highest BCUT2D eigenvalue weighted by molar-refractivity contribution is 9.10. The van der Waals surface area contributed by atoms with Crippen molar-refractivity contribution >= 4 is 33.2 Å². The van der Waals surface area contributed by atoms with Crippen molar-refractivity contribution in [2.24, 2.45) is 0 Å². The summed E-state index contributed by atoms with van der Waals surface area (Å²) in [7, 11) is 0. The van der Waals surface area contributed by atoms with Gasteiger partial charge in [0, 0.05) is 22.3 Å². The molecule has 104 valence electrons. The monoisotopic (exact) mass is 345 g/mol. The molecule has 7 heteroatoms. The number of carbonyl (C=O) groups is 1. The highest BCUT2D eigenvalue weighted by Gasteiger charge is 2.15. The zero-order valence-electron chi connectivity index (χ0n) is 10.5. The van der Waals surface area contributed by atoms with Crippen LogP contribution < -0.4 is 5.32 Å². The largest absolute Gasteiger partial charge is 0.322 e. The maximum Gasteiger partial charge on any atom is 0.270 e. The number of halogens is 1. The first-order valence-electron chi connectivity index (χ1n) is 5.76. The summed E-state index contributed by atoms with van der Waals surface area (Å²) >= 11 is 3.19. The van der Waals surface area contributed by atoms with E-state index < -0.39 is 10.8 Å². The van der Waals surface area contributed by atoms with E-state index >= 15 is 0 Å². The van der Waals surface area contributed by atoms with E-state index in [0.717, 1.165) is 0 Å². The van der Waals surface area contributed by atoms with Crippen LogP contribution in [0.5, 0.6) is 0 Å². The van der Waals surface area contributed by atoms with E-state index in [2.05, 4.69) is 21.2 Å². The Kier molecular flexibility index (Phi) is 4.30. The molecule has 0 radical (unpaired) electrons. The fourth-order valence-corrected chi connectivity index (χ4v) is 2.05. The summed E-state index contributed by atoms with van der Waals surface area (Å²) in [5, 5.41) is 22.1. The Hall–Kier alpha value is -2.72. The fourth-order valence-electron chi connectivity index (χ4n) is 1.63. The topological polar surface area (TPSA) is 96.0 Å². The number of non-ortho nitro benzene ring substituents is 1. The van der Waals surface area contributed by atoms with Crippen LogP contribution in [-0.2, 0) is 0 Å². The first kappa shape index (κ1) is 14.7. The molecule has 2 aromatic carbocycles. The number of amides is 1. The van der Waals surface area contributed by atoms with E-state index in [1.54, 1.807) is 24.3 Å². The number of nitrogens with zero attached hydrogens (tertiary/aromatic N) is 2. The average Bonchev–Trinajstić information content (AvgIpc) is 2.48. The number of hydrogen-bond acceptors (Lipinski definition) is 4. The van der Waals surface area contributed by atoms with Gasteiger partial charge >= 0.3 is 0 Å². The van der Waals surface area contributed by atoms with E-state index in [0.29, 0.717) is 15.7 Å². The predicted molar refractivity (Wildman–Crippen MR) is 79.9 cm³/mol. The summed E-state index contributed by atoms with van der Waals surface area (Å²) in [5.41, 5.74) is 0.971. The van der Waals surface area contributed by atoms with Gasteiger partial charge in [0.25, 0.3) is 11.6 Å². The number of benzene rings is 2. The Morgan fingerprint density at radius 3 is 2.48 bits per heavy atom. The number of carbonyl (C=O) groups excluding carboxylic acids is 1. The molecule has 2 aromatic rings. The van der Waals surface area contributed by atoms with Gasteiger partial charge in [0.2, 0.25) is 0 Å². The number of anilines is 1. The molecule has 1 N–H and O–H groups in total. The first-order valence-corrected chi connectivity index (χ1v) is 6.56. The van der Waals surface area contributed by atoms with E-state index in [-0.39, 0.29) is 11.3 Å². The third-order valence-corrected chi connectivity index (χ3v) is 3.37. The highest BCUT2D eigenvalue weighted by atomic mass is 79.9. The quantitative estimate of drug-likeness (QED) is 0.680. The van der Waals surface area contributed by atoms with Crippen LogP contribution in [0.1, 0.15) is 15.9 Å². The Bertz CT molecular complexity index is 751. The Morgan fingerprint density at radius 1 is 1.24 bits per heavy atom. The van der Waals surface area contributed by atoms with Crippen LogP contribution in [0.3, 0.4) is 0 Å². The maximum absolute atomic E-state index is 12.1. The number of nitrogens with one attached hydrogen (secondary N) is 1. The van der Waals surface area contributed by atoms with Crippen LogP contribution in [0, 0.1) is 21.4 Å². The number of hydrogen-bond donors (Lipinski definition) is 1. The van der Waals surface area contributed by atoms with E-state index in [1.165, 1.54) is 18.2 Å². The molecule has 0 saturated heterocycles. The van der Waals surface area contributed by atoms with Crippen molar-refractivity contribution in [1.29, 1.82) is 5.26 Å². The maximum atomic E-state index is 12.1. The van der Waals surface area contributed by atoms with Gasteiger partial charge in [0.1, 0.15) is 0 Å². The molecule has 1 amide bonds. The predicted octanol–water partition coefficient (Wildman–Crippen LogP) is 3.48. The molecule has 0 spiro atoms. The van der Waals surface area contributed by atoms with Crippen molar-refractivity contribution in [2.75, 3.05) is 5.32 Å². The standard InChI is InChI=1S/C14H8BrN3O3/c15-13-6-5-11(18(20)21)7-12(13)14(19)17-10-3-1-9(8-16)2-4-10/h1-7H,(H,17,19). The minimum atomic E-state index is -0.565. The number of rotatable bonds is 3. The molecule has 0 aliphatic heterocycles. The van der Waals surface area contributed by atoms with Crippen molar-refractivity contribution in [1.82, 2.24) is 0 Å². The molecule has 0 saturated carbocycles. The van der Waals surface area contributed by atoms with Crippen molar-refractivity contribution in [2.45, 2.75) is 0 Å². The minimum Gasteiger partial charge on any atom is -0.322 e. The summed E-state index contributed by atoms with van der Waals surface area (Å²) in [6, 6.07) is 12.2. The normalized spacial score (nSPS) is 9.71. The van der Waals surface area contributed by atoms with Crippen LogP contribution in [0.15, 0.2) is 46.9 Å². The molecular weight excluding hydrogens is 338 g/mol. The summed E-state index contributed by atoms with van der Waals surface area (Å²) in [5.74, 6) is -0.477. The van der Waals surface area contributed by atoms with Gasteiger partial charge in [0.05, 0.1) is 22.1 Å². The number of nitro benzene ring substituents is 1. The van der Waals surface area contributed by atoms with Crippen molar-refractivity contribution < 1.29 is 9.72 Å². The third kappa shape index (κ3) is 3.43. The van der Waals surface area contributed by atoms with Gasteiger partial charge in [-0.25, -0.2) is 0 Å². The second-order valence-electron chi connectivity index (χ2n) is 4.06. The molecule has 6 nitrogen and oxygen atoms in total. The van der Waals surface area contributed by atoms with Crippen LogP contribution >= 0.6 is 15.9 Å². The fraction of sp³-hybridized carbons (Fsp3) is 0. The lowest BCUT2D eigenvalue weighted by Crippen LogP contribution is -2.12. The van der Waals surface area contributed by atoms with Gasteiger partial charge in [-0.05, 0) is 46.3 Å². The van der Waals surface area contributed by atoms with E-state index in [1.807, 2.05) is 6.07 Å². The van der Waals surface area contributed by atoms with Gasteiger partial charge in [-0.2, -0.15) is 5.26 Å². The number of nitro groups is 1. The summed E-state index contributed by atoms with van der Waals surface area (Å²) in [6.45, 7) is 0. The summed E-state index contributed by atoms with van der Waals surface area (Å²) < 4.78 is 0.458. The van der Waals surface area contributed by atoms with Crippen molar-refractivity contribution in [3.05, 3.63) is 68.2 Å². The van der Waals surface area contributed by atoms with Gasteiger partial charge in [-0.15, -0.1) is 0 Å². The van der Waals surface area contributed by atoms with Gasteiger partial charge in [-0.3, -0.25) is 14.9 Å². The molecule has 0 fully saturated rings. The number of nitriles is 1.